The first-order chi connectivity index (χ1) is 12.1. The molecule has 1 saturated carbocycles. The van der Waals surface area contributed by atoms with Gasteiger partial charge < -0.3 is 15.0 Å². The molecule has 0 aromatic heterocycles. The Kier molecular flexibility index (Phi) is 5.67. The minimum atomic E-state index is -0.345. The normalized spacial score (nSPS) is 22.8. The Labute approximate surface area is 151 Å². The SMILES string of the molecule is CNCC1CCCN(C(=O)C2(c3ccc(C)c(OC)c3)CCCC2)C1. The third kappa shape index (κ3) is 3.55. The summed E-state index contributed by atoms with van der Waals surface area (Å²) in [5.41, 5.74) is 1.93. The second-order valence-corrected chi connectivity index (χ2v) is 7.79. The molecular formula is C21H32N2O2. The van der Waals surface area contributed by atoms with Crippen molar-refractivity contribution >= 4 is 5.91 Å². The van der Waals surface area contributed by atoms with Crippen LogP contribution in [0.15, 0.2) is 18.2 Å². The highest BCUT2D eigenvalue weighted by atomic mass is 16.5. The van der Waals surface area contributed by atoms with Gasteiger partial charge in [-0.15, -0.1) is 0 Å². The predicted molar refractivity (Wildman–Crippen MR) is 101 cm³/mol. The first-order valence-electron chi connectivity index (χ1n) is 9.70. The quantitative estimate of drug-likeness (QED) is 0.891. The molecule has 1 saturated heterocycles. The second kappa shape index (κ2) is 7.77. The zero-order valence-corrected chi connectivity index (χ0v) is 15.9. The minimum Gasteiger partial charge on any atom is -0.496 e. The number of likely N-dealkylation sites (tertiary alicyclic amines) is 1. The van der Waals surface area contributed by atoms with Crippen LogP contribution in [0.4, 0.5) is 0 Å². The van der Waals surface area contributed by atoms with E-state index in [0.29, 0.717) is 11.8 Å². The molecule has 4 heteroatoms. The van der Waals surface area contributed by atoms with Gasteiger partial charge in [0.25, 0.3) is 0 Å². The van der Waals surface area contributed by atoms with E-state index in [-0.39, 0.29) is 5.41 Å². The molecule has 1 N–H and O–H groups in total. The summed E-state index contributed by atoms with van der Waals surface area (Å²) >= 11 is 0. The minimum absolute atomic E-state index is 0.344. The number of hydrogen-bond donors (Lipinski definition) is 1. The van der Waals surface area contributed by atoms with E-state index in [0.717, 1.165) is 68.6 Å². The van der Waals surface area contributed by atoms with E-state index < -0.39 is 0 Å². The Balaban J connectivity index is 1.88. The van der Waals surface area contributed by atoms with Gasteiger partial charge in [-0.1, -0.05) is 25.0 Å². The summed E-state index contributed by atoms with van der Waals surface area (Å²) < 4.78 is 5.53. The summed E-state index contributed by atoms with van der Waals surface area (Å²) in [6.45, 7) is 4.85. The number of nitrogens with zero attached hydrogens (tertiary/aromatic N) is 1. The Bertz CT molecular complexity index is 606. The van der Waals surface area contributed by atoms with E-state index in [4.69, 9.17) is 4.74 Å². The van der Waals surface area contributed by atoms with Crippen LogP contribution in [0.2, 0.25) is 0 Å². The zero-order chi connectivity index (χ0) is 17.9. The first kappa shape index (κ1) is 18.2. The van der Waals surface area contributed by atoms with Gasteiger partial charge in [-0.2, -0.15) is 0 Å². The van der Waals surface area contributed by atoms with Gasteiger partial charge in [-0.05, 0) is 69.3 Å². The van der Waals surface area contributed by atoms with Crippen LogP contribution in [0.1, 0.15) is 49.7 Å². The van der Waals surface area contributed by atoms with Crippen LogP contribution in [0.5, 0.6) is 5.75 Å². The molecule has 0 spiro atoms. The van der Waals surface area contributed by atoms with E-state index in [1.807, 2.05) is 7.05 Å². The van der Waals surface area contributed by atoms with Crippen LogP contribution >= 0.6 is 0 Å². The fraction of sp³-hybridized carbons (Fsp3) is 0.667. The summed E-state index contributed by atoms with van der Waals surface area (Å²) in [5.74, 6) is 1.81. The van der Waals surface area contributed by atoms with Crippen molar-refractivity contribution < 1.29 is 9.53 Å². The number of methoxy groups -OCH3 is 1. The molecule has 1 atom stereocenters. The summed E-state index contributed by atoms with van der Waals surface area (Å²) in [6, 6.07) is 6.35. The second-order valence-electron chi connectivity index (χ2n) is 7.79. The molecule has 3 rings (SSSR count). The average molecular weight is 344 g/mol. The van der Waals surface area contributed by atoms with Gasteiger partial charge in [0.05, 0.1) is 12.5 Å². The third-order valence-corrected chi connectivity index (χ3v) is 6.13. The molecule has 1 amide bonds. The van der Waals surface area contributed by atoms with Crippen molar-refractivity contribution in [3.05, 3.63) is 29.3 Å². The smallest absolute Gasteiger partial charge is 0.233 e. The molecule has 1 aliphatic heterocycles. The summed E-state index contributed by atoms with van der Waals surface area (Å²) in [7, 11) is 3.71. The average Bonchev–Trinajstić information content (AvgIpc) is 3.13. The lowest BCUT2D eigenvalue weighted by molar-refractivity contribution is -0.139. The lowest BCUT2D eigenvalue weighted by Crippen LogP contribution is -2.50. The summed E-state index contributed by atoms with van der Waals surface area (Å²) in [4.78, 5) is 15.8. The lowest BCUT2D eigenvalue weighted by Gasteiger charge is -2.39. The summed E-state index contributed by atoms with van der Waals surface area (Å²) in [6.07, 6.45) is 6.53. The number of ether oxygens (including phenoxy) is 1. The van der Waals surface area contributed by atoms with Crippen molar-refractivity contribution in [1.29, 1.82) is 0 Å². The van der Waals surface area contributed by atoms with Gasteiger partial charge in [0.1, 0.15) is 5.75 Å². The van der Waals surface area contributed by atoms with Gasteiger partial charge in [-0.25, -0.2) is 0 Å². The van der Waals surface area contributed by atoms with Gasteiger partial charge in [-0.3, -0.25) is 4.79 Å². The maximum absolute atomic E-state index is 13.6. The molecule has 138 valence electrons. The van der Waals surface area contributed by atoms with E-state index in [1.54, 1.807) is 7.11 Å². The zero-order valence-electron chi connectivity index (χ0n) is 15.9. The third-order valence-electron chi connectivity index (χ3n) is 6.13. The molecule has 1 aromatic rings. The Morgan fingerprint density at radius 3 is 2.76 bits per heavy atom. The van der Waals surface area contributed by atoms with E-state index >= 15 is 0 Å². The van der Waals surface area contributed by atoms with Gasteiger partial charge >= 0.3 is 0 Å². The number of hydrogen-bond acceptors (Lipinski definition) is 3. The maximum Gasteiger partial charge on any atom is 0.233 e. The number of piperidine rings is 1. The Morgan fingerprint density at radius 2 is 2.08 bits per heavy atom. The monoisotopic (exact) mass is 344 g/mol. The van der Waals surface area contributed by atoms with Crippen LogP contribution < -0.4 is 10.1 Å². The lowest BCUT2D eigenvalue weighted by atomic mass is 9.76. The largest absolute Gasteiger partial charge is 0.496 e. The number of nitrogens with one attached hydrogen (secondary N) is 1. The van der Waals surface area contributed by atoms with Gasteiger partial charge in [0, 0.05) is 13.1 Å². The number of rotatable bonds is 5. The van der Waals surface area contributed by atoms with Crippen molar-refractivity contribution in [1.82, 2.24) is 10.2 Å². The molecule has 1 aliphatic carbocycles. The van der Waals surface area contributed by atoms with E-state index in [1.165, 1.54) is 6.42 Å². The van der Waals surface area contributed by atoms with Crippen LogP contribution in [-0.2, 0) is 10.2 Å². The van der Waals surface area contributed by atoms with Crippen molar-refractivity contribution in [2.24, 2.45) is 5.92 Å². The standard InChI is InChI=1S/C21H32N2O2/c1-16-8-9-18(13-19(16)25-3)21(10-4-5-11-21)20(24)23-12-6-7-17(15-23)14-22-2/h8-9,13,17,22H,4-7,10-12,14-15H2,1-3H3. The molecule has 0 bridgehead atoms. The van der Waals surface area contributed by atoms with Crippen LogP contribution in [-0.4, -0.2) is 44.6 Å². The van der Waals surface area contributed by atoms with Crippen LogP contribution in [0.25, 0.3) is 0 Å². The fourth-order valence-corrected chi connectivity index (χ4v) is 4.73. The fourth-order valence-electron chi connectivity index (χ4n) is 4.73. The molecule has 0 radical (unpaired) electrons. The molecule has 4 nitrogen and oxygen atoms in total. The molecule has 1 heterocycles. The first-order valence-corrected chi connectivity index (χ1v) is 9.70. The van der Waals surface area contributed by atoms with Crippen molar-refractivity contribution in [2.45, 2.75) is 50.9 Å². The summed E-state index contributed by atoms with van der Waals surface area (Å²) in [5, 5.41) is 3.27. The number of benzene rings is 1. The number of carbonyl (C=O) groups excluding carboxylic acids is 1. The van der Waals surface area contributed by atoms with E-state index in [9.17, 15) is 4.79 Å². The number of amides is 1. The maximum atomic E-state index is 13.6. The van der Waals surface area contributed by atoms with Gasteiger partial charge in [0.15, 0.2) is 0 Å². The van der Waals surface area contributed by atoms with Gasteiger partial charge in [0.2, 0.25) is 5.91 Å². The predicted octanol–water partition coefficient (Wildman–Crippen LogP) is 3.27. The van der Waals surface area contributed by atoms with Crippen molar-refractivity contribution in [2.75, 3.05) is 33.8 Å². The van der Waals surface area contributed by atoms with Crippen molar-refractivity contribution in [3.8, 4) is 5.75 Å². The Hall–Kier alpha value is -1.55. The molecule has 2 aliphatic rings. The Morgan fingerprint density at radius 1 is 1.32 bits per heavy atom. The van der Waals surface area contributed by atoms with Crippen LogP contribution in [0, 0.1) is 12.8 Å². The molecule has 1 aromatic carbocycles. The highest BCUT2D eigenvalue weighted by Gasteiger charge is 2.45. The highest BCUT2D eigenvalue weighted by molar-refractivity contribution is 5.89. The van der Waals surface area contributed by atoms with Crippen LogP contribution in [0.3, 0.4) is 0 Å². The number of carbonyl (C=O) groups is 1. The van der Waals surface area contributed by atoms with E-state index in [2.05, 4.69) is 35.3 Å². The topological polar surface area (TPSA) is 41.6 Å². The molecular weight excluding hydrogens is 312 g/mol. The molecule has 25 heavy (non-hydrogen) atoms. The molecule has 1 unspecified atom stereocenters. The highest BCUT2D eigenvalue weighted by Crippen LogP contribution is 2.44. The number of aryl methyl sites for hydroxylation is 1. The van der Waals surface area contributed by atoms with Crippen molar-refractivity contribution in [3.63, 3.8) is 0 Å². The molecule has 2 fully saturated rings.